The van der Waals surface area contributed by atoms with Gasteiger partial charge in [0.25, 0.3) is 0 Å². The molecule has 0 rings (SSSR count). The van der Waals surface area contributed by atoms with Crippen LogP contribution in [-0.4, -0.2) is 25.5 Å². The van der Waals surface area contributed by atoms with Crippen molar-refractivity contribution in [3.05, 3.63) is 0 Å². The van der Waals surface area contributed by atoms with Crippen molar-refractivity contribution in [2.45, 2.75) is 54.4 Å². The van der Waals surface area contributed by atoms with Gasteiger partial charge < -0.3 is 14.2 Å². The highest BCUT2D eigenvalue weighted by molar-refractivity contribution is 5.70. The molecule has 0 aliphatic carbocycles. The Morgan fingerprint density at radius 1 is 0.737 bits per heavy atom. The molecule has 112 valence electrons. The van der Waals surface area contributed by atoms with Crippen LogP contribution in [0.2, 0.25) is 0 Å². The first-order valence-electron chi connectivity index (χ1n) is 6.39. The van der Waals surface area contributed by atoms with Crippen LogP contribution in [0.5, 0.6) is 0 Å². The van der Waals surface area contributed by atoms with Gasteiger partial charge in [-0.05, 0) is 10.8 Å². The molecule has 5 nitrogen and oxygen atoms in total. The van der Waals surface area contributed by atoms with Gasteiger partial charge >= 0.3 is 11.9 Å². The molecular formula is C14H26O5. The van der Waals surface area contributed by atoms with E-state index in [0.717, 1.165) is 0 Å². The Hall–Kier alpha value is -1.10. The topological polar surface area (TPSA) is 61.8 Å². The van der Waals surface area contributed by atoms with Crippen molar-refractivity contribution >= 4 is 11.9 Å². The molecular weight excluding hydrogens is 248 g/mol. The van der Waals surface area contributed by atoms with E-state index in [4.69, 9.17) is 14.2 Å². The Bertz CT molecular complexity index is 266. The lowest BCUT2D eigenvalue weighted by Gasteiger charge is -2.17. The second-order valence-corrected chi connectivity index (χ2v) is 6.95. The predicted molar refractivity (Wildman–Crippen MR) is 71.1 cm³/mol. The summed E-state index contributed by atoms with van der Waals surface area (Å²) < 4.78 is 14.6. The number of carbonyl (C=O) groups excluding carboxylic acids is 2. The molecule has 0 aliphatic rings. The van der Waals surface area contributed by atoms with Crippen molar-refractivity contribution in [3.8, 4) is 0 Å². The Morgan fingerprint density at radius 2 is 1.05 bits per heavy atom. The van der Waals surface area contributed by atoms with Crippen molar-refractivity contribution in [2.75, 3.05) is 13.6 Å². The second-order valence-electron chi connectivity index (χ2n) is 6.95. The van der Waals surface area contributed by atoms with E-state index >= 15 is 0 Å². The smallest absolute Gasteiger partial charge is 0.308 e. The molecule has 0 aromatic heterocycles. The fourth-order valence-corrected chi connectivity index (χ4v) is 1.22. The number of rotatable bonds is 6. The van der Waals surface area contributed by atoms with Crippen LogP contribution < -0.4 is 0 Å². The Balaban J connectivity index is 3.61. The zero-order valence-electron chi connectivity index (χ0n) is 12.9. The van der Waals surface area contributed by atoms with Crippen molar-refractivity contribution in [2.24, 2.45) is 10.8 Å². The van der Waals surface area contributed by atoms with Gasteiger partial charge in [0.1, 0.15) is 0 Å². The van der Waals surface area contributed by atoms with Crippen LogP contribution in [0.15, 0.2) is 0 Å². The van der Waals surface area contributed by atoms with Crippen LogP contribution >= 0.6 is 0 Å². The van der Waals surface area contributed by atoms with Crippen LogP contribution in [0.25, 0.3) is 0 Å². The third-order valence-corrected chi connectivity index (χ3v) is 1.96. The Kier molecular flexibility index (Phi) is 7.05. The Labute approximate surface area is 115 Å². The van der Waals surface area contributed by atoms with Crippen molar-refractivity contribution < 1.29 is 23.8 Å². The maximum Gasteiger partial charge on any atom is 0.308 e. The van der Waals surface area contributed by atoms with Crippen LogP contribution in [0.1, 0.15) is 54.4 Å². The van der Waals surface area contributed by atoms with Gasteiger partial charge in [0.05, 0.1) is 12.8 Å². The lowest BCUT2D eigenvalue weighted by Crippen LogP contribution is -2.19. The molecule has 0 radical (unpaired) electrons. The zero-order chi connectivity index (χ0) is 15.1. The Morgan fingerprint density at radius 3 is 1.32 bits per heavy atom. The molecule has 0 saturated carbocycles. The van der Waals surface area contributed by atoms with Gasteiger partial charge in [0, 0.05) is 0 Å². The summed E-state index contributed by atoms with van der Waals surface area (Å²) >= 11 is 0. The molecule has 0 aromatic carbocycles. The minimum Gasteiger partial charge on any atom is -0.438 e. The summed E-state index contributed by atoms with van der Waals surface area (Å²) in [6, 6.07) is 0. The normalized spacial score (nSPS) is 12.1. The highest BCUT2D eigenvalue weighted by Gasteiger charge is 2.18. The number of ether oxygens (including phenoxy) is 3. The lowest BCUT2D eigenvalue weighted by molar-refractivity contribution is -0.178. The van der Waals surface area contributed by atoms with Gasteiger partial charge in [-0.15, -0.1) is 0 Å². The first kappa shape index (κ1) is 17.9. The molecule has 0 heterocycles. The molecule has 19 heavy (non-hydrogen) atoms. The largest absolute Gasteiger partial charge is 0.438 e. The van der Waals surface area contributed by atoms with Gasteiger partial charge in [-0.3, -0.25) is 9.59 Å². The lowest BCUT2D eigenvalue weighted by atomic mass is 9.93. The first-order valence-corrected chi connectivity index (χ1v) is 6.39. The molecule has 0 aliphatic heterocycles. The van der Waals surface area contributed by atoms with Crippen molar-refractivity contribution in [1.29, 1.82) is 0 Å². The van der Waals surface area contributed by atoms with Gasteiger partial charge in [-0.2, -0.15) is 0 Å². The fraction of sp³-hybridized carbons (Fsp3) is 0.857. The summed E-state index contributed by atoms with van der Waals surface area (Å²) in [6.07, 6.45) is 0.639. The molecule has 0 atom stereocenters. The fourth-order valence-electron chi connectivity index (χ4n) is 1.22. The maximum absolute atomic E-state index is 11.3. The highest BCUT2D eigenvalue weighted by Crippen LogP contribution is 2.19. The van der Waals surface area contributed by atoms with E-state index in [1.54, 1.807) is 0 Å². The second kappa shape index (κ2) is 7.48. The average molecular weight is 274 g/mol. The molecule has 0 amide bonds. The summed E-state index contributed by atoms with van der Waals surface area (Å²) in [6.45, 7) is 11.3. The van der Waals surface area contributed by atoms with E-state index in [1.807, 2.05) is 41.5 Å². The van der Waals surface area contributed by atoms with Crippen molar-refractivity contribution in [3.63, 3.8) is 0 Å². The molecule has 0 N–H and O–H groups in total. The molecule has 0 saturated heterocycles. The molecule has 5 heteroatoms. The monoisotopic (exact) mass is 274 g/mol. The number of esters is 2. The van der Waals surface area contributed by atoms with Crippen molar-refractivity contribution in [1.82, 2.24) is 0 Å². The summed E-state index contributed by atoms with van der Waals surface area (Å²) in [4.78, 5) is 22.7. The van der Waals surface area contributed by atoms with Crippen LogP contribution in [0, 0.1) is 10.8 Å². The van der Waals surface area contributed by atoms with E-state index in [2.05, 4.69) is 0 Å². The molecule has 0 fully saturated rings. The van der Waals surface area contributed by atoms with Crippen LogP contribution in [0.4, 0.5) is 0 Å². The van der Waals surface area contributed by atoms with Gasteiger partial charge in [0.15, 0.2) is 13.6 Å². The van der Waals surface area contributed by atoms with E-state index in [9.17, 15) is 9.59 Å². The van der Waals surface area contributed by atoms with E-state index < -0.39 is 0 Å². The molecule has 0 bridgehead atoms. The average Bonchev–Trinajstić information content (AvgIpc) is 2.10. The van der Waals surface area contributed by atoms with Gasteiger partial charge in [0.2, 0.25) is 0 Å². The maximum atomic E-state index is 11.3. The van der Waals surface area contributed by atoms with Crippen LogP contribution in [0.3, 0.4) is 0 Å². The summed E-state index contributed by atoms with van der Waals surface area (Å²) in [5.41, 5.74) is -0.230. The molecule has 0 aromatic rings. The van der Waals surface area contributed by atoms with E-state index in [0.29, 0.717) is 12.8 Å². The quantitative estimate of drug-likeness (QED) is 0.423. The third-order valence-electron chi connectivity index (χ3n) is 1.96. The van der Waals surface area contributed by atoms with Crippen LogP contribution in [-0.2, 0) is 23.8 Å². The first-order chi connectivity index (χ1) is 8.49. The van der Waals surface area contributed by atoms with Gasteiger partial charge in [-0.1, -0.05) is 41.5 Å². The highest BCUT2D eigenvalue weighted by atomic mass is 16.8. The SMILES string of the molecule is CC(C)(C)CC(=O)OCOCOC(=O)CC(C)(C)C. The minimum absolute atomic E-state index is 0.115. The number of hydrogen-bond donors (Lipinski definition) is 0. The number of carbonyl (C=O) groups is 2. The standard InChI is InChI=1S/C14H26O5/c1-13(2,3)7-11(15)18-9-17-10-19-12(16)8-14(4,5)6/h7-10H2,1-6H3. The minimum atomic E-state index is -0.325. The number of hydrogen-bond acceptors (Lipinski definition) is 5. The summed E-state index contributed by atoms with van der Waals surface area (Å²) in [5.74, 6) is -0.651. The zero-order valence-corrected chi connectivity index (χ0v) is 12.9. The predicted octanol–water partition coefficient (Wildman–Crippen LogP) is 2.88. The van der Waals surface area contributed by atoms with E-state index in [-0.39, 0.29) is 36.4 Å². The summed E-state index contributed by atoms with van der Waals surface area (Å²) in [5, 5.41) is 0. The summed E-state index contributed by atoms with van der Waals surface area (Å²) in [7, 11) is 0. The molecule has 0 spiro atoms. The van der Waals surface area contributed by atoms with E-state index in [1.165, 1.54) is 0 Å². The molecule has 0 unspecified atom stereocenters. The van der Waals surface area contributed by atoms with Gasteiger partial charge in [-0.25, -0.2) is 0 Å². The third kappa shape index (κ3) is 13.1.